The van der Waals surface area contributed by atoms with Crippen molar-refractivity contribution in [1.82, 2.24) is 14.8 Å². The van der Waals surface area contributed by atoms with Gasteiger partial charge in [0.1, 0.15) is 17.6 Å². The van der Waals surface area contributed by atoms with E-state index in [1.807, 2.05) is 37.3 Å². The molecule has 2 amide bonds. The standard InChI is InChI=1S/C38H40F4N4O3S/c1-4-33-34(47)6-5-7-36(50-24-27-10-18-31(39)19-11-27)46(43-33)25(2)37(49)45(23-32-20-21-35(48)44(32)3)22-26-8-12-28(13-9-26)29-14-16-30(17-15-29)38(40,41)42/h7-19,25,32H,4-6,20-24H2,1-3H3/b36-7+,43-33-. The number of rotatable bonds is 11. The number of allylic oxidation sites excluding steroid dienone is 1. The number of thioether (sulfide) groups is 1. The van der Waals surface area contributed by atoms with E-state index in [1.54, 1.807) is 40.9 Å². The van der Waals surface area contributed by atoms with Crippen LogP contribution >= 0.6 is 11.8 Å². The zero-order valence-electron chi connectivity index (χ0n) is 28.3. The second-order valence-electron chi connectivity index (χ2n) is 12.5. The SMILES string of the molecule is CC/C1=N/N(C(C)C(=O)N(Cc2ccc(-c3ccc(C(F)(F)F)cc3)cc2)CC2CCC(=O)N2C)/C(SCc2ccc(F)cc2)=C\CCC1=O. The topological polar surface area (TPSA) is 73.3 Å². The van der Waals surface area contributed by atoms with Crippen LogP contribution in [0.5, 0.6) is 0 Å². The lowest BCUT2D eigenvalue weighted by molar-refractivity contribution is -0.138. The quantitative estimate of drug-likeness (QED) is 0.189. The molecular formula is C38H40F4N4O3S. The molecule has 12 heteroatoms. The average Bonchev–Trinajstić information content (AvgIpc) is 3.41. The number of hydrogen-bond donors (Lipinski definition) is 0. The molecule has 2 unspecified atom stereocenters. The highest BCUT2D eigenvalue weighted by atomic mass is 32.2. The first-order chi connectivity index (χ1) is 23.8. The van der Waals surface area contributed by atoms with Gasteiger partial charge >= 0.3 is 6.18 Å². The van der Waals surface area contributed by atoms with Gasteiger partial charge in [0.25, 0.3) is 0 Å². The van der Waals surface area contributed by atoms with Gasteiger partial charge in [-0.2, -0.15) is 18.3 Å². The molecule has 50 heavy (non-hydrogen) atoms. The Morgan fingerprint density at radius 2 is 1.58 bits per heavy atom. The lowest BCUT2D eigenvalue weighted by Gasteiger charge is -2.35. The molecule has 0 radical (unpaired) electrons. The van der Waals surface area contributed by atoms with Crippen molar-refractivity contribution >= 4 is 35.1 Å². The normalized spacial score (nSPS) is 19.7. The number of carbonyl (C=O) groups excluding carboxylic acids is 3. The van der Waals surface area contributed by atoms with Gasteiger partial charge in [-0.05, 0) is 72.7 Å². The molecule has 0 saturated carbocycles. The second-order valence-corrected chi connectivity index (χ2v) is 13.5. The minimum Gasteiger partial charge on any atom is -0.341 e. The summed E-state index contributed by atoms with van der Waals surface area (Å²) in [7, 11) is 1.74. The molecule has 7 nitrogen and oxygen atoms in total. The van der Waals surface area contributed by atoms with Crippen molar-refractivity contribution in [3.63, 3.8) is 0 Å². The number of Topliss-reactive ketones (excluding diaryl/α,β-unsaturated/α-hetero) is 1. The molecule has 2 aliphatic rings. The smallest absolute Gasteiger partial charge is 0.341 e. The van der Waals surface area contributed by atoms with Crippen LogP contribution < -0.4 is 0 Å². The molecule has 5 rings (SSSR count). The highest BCUT2D eigenvalue weighted by Gasteiger charge is 2.35. The number of benzene rings is 3. The molecule has 2 atom stereocenters. The van der Waals surface area contributed by atoms with Gasteiger partial charge in [-0.15, -0.1) is 11.8 Å². The average molecular weight is 709 g/mol. The second kappa shape index (κ2) is 16.1. The molecule has 0 spiro atoms. The Morgan fingerprint density at radius 1 is 0.960 bits per heavy atom. The third kappa shape index (κ3) is 9.01. The number of amides is 2. The number of likely N-dealkylation sites (tertiary alicyclic amines) is 1. The summed E-state index contributed by atoms with van der Waals surface area (Å²) in [6.45, 7) is 4.10. The van der Waals surface area contributed by atoms with E-state index in [9.17, 15) is 31.9 Å². The Kier molecular flexibility index (Phi) is 11.8. The third-order valence-electron chi connectivity index (χ3n) is 9.07. The highest BCUT2D eigenvalue weighted by Crippen LogP contribution is 2.33. The van der Waals surface area contributed by atoms with Crippen LogP contribution in [0.4, 0.5) is 17.6 Å². The number of ketones is 1. The van der Waals surface area contributed by atoms with E-state index < -0.39 is 17.8 Å². The summed E-state index contributed by atoms with van der Waals surface area (Å²) in [5, 5.41) is 7.08. The zero-order valence-corrected chi connectivity index (χ0v) is 29.1. The summed E-state index contributed by atoms with van der Waals surface area (Å²) in [6, 6.07) is 17.5. The molecule has 1 fully saturated rings. The van der Waals surface area contributed by atoms with Crippen molar-refractivity contribution in [2.75, 3.05) is 13.6 Å². The van der Waals surface area contributed by atoms with E-state index in [4.69, 9.17) is 5.10 Å². The molecule has 0 aromatic heterocycles. The maximum absolute atomic E-state index is 14.5. The van der Waals surface area contributed by atoms with Gasteiger partial charge in [-0.3, -0.25) is 14.4 Å². The summed E-state index contributed by atoms with van der Waals surface area (Å²) in [5.41, 5.74) is 2.72. The fourth-order valence-corrected chi connectivity index (χ4v) is 7.09. The van der Waals surface area contributed by atoms with Gasteiger partial charge < -0.3 is 9.80 Å². The van der Waals surface area contributed by atoms with E-state index in [-0.39, 0.29) is 42.5 Å². The number of halogens is 4. The van der Waals surface area contributed by atoms with Crippen LogP contribution in [0.2, 0.25) is 0 Å². The van der Waals surface area contributed by atoms with Crippen LogP contribution in [-0.4, -0.2) is 63.8 Å². The first kappa shape index (κ1) is 36.8. The van der Waals surface area contributed by atoms with Crippen molar-refractivity contribution in [1.29, 1.82) is 0 Å². The van der Waals surface area contributed by atoms with Crippen LogP contribution in [-0.2, 0) is 32.9 Å². The van der Waals surface area contributed by atoms with Crippen molar-refractivity contribution in [2.24, 2.45) is 5.10 Å². The predicted octanol–water partition coefficient (Wildman–Crippen LogP) is 8.06. The monoisotopic (exact) mass is 708 g/mol. The van der Waals surface area contributed by atoms with Gasteiger partial charge in [-0.1, -0.05) is 61.5 Å². The summed E-state index contributed by atoms with van der Waals surface area (Å²) in [4.78, 5) is 43.2. The lowest BCUT2D eigenvalue weighted by atomic mass is 10.0. The molecule has 1 saturated heterocycles. The first-order valence-electron chi connectivity index (χ1n) is 16.6. The fourth-order valence-electron chi connectivity index (χ4n) is 6.02. The number of hydrogen-bond acceptors (Lipinski definition) is 6. The fraction of sp³-hybridized carbons (Fsp3) is 0.368. The van der Waals surface area contributed by atoms with Gasteiger partial charge in [0, 0.05) is 44.8 Å². The minimum absolute atomic E-state index is 0.0122. The minimum atomic E-state index is -4.42. The third-order valence-corrected chi connectivity index (χ3v) is 10.2. The maximum atomic E-state index is 14.5. The maximum Gasteiger partial charge on any atom is 0.416 e. The van der Waals surface area contributed by atoms with Crippen LogP contribution in [0.25, 0.3) is 11.1 Å². The number of likely N-dealkylation sites (N-methyl/N-ethyl adjacent to an activating group) is 1. The number of alkyl halides is 3. The Balaban J connectivity index is 1.41. The summed E-state index contributed by atoms with van der Waals surface area (Å²) < 4.78 is 52.8. The van der Waals surface area contributed by atoms with E-state index in [0.29, 0.717) is 54.2 Å². The molecule has 3 aromatic rings. The summed E-state index contributed by atoms with van der Waals surface area (Å²) >= 11 is 1.46. The van der Waals surface area contributed by atoms with E-state index in [0.717, 1.165) is 28.8 Å². The first-order valence-corrected chi connectivity index (χ1v) is 17.6. The summed E-state index contributed by atoms with van der Waals surface area (Å²) in [5.74, 6) is -0.141. The van der Waals surface area contributed by atoms with Crippen molar-refractivity contribution in [3.05, 3.63) is 106 Å². The molecule has 0 aliphatic carbocycles. The Morgan fingerprint density at radius 3 is 2.16 bits per heavy atom. The van der Waals surface area contributed by atoms with Gasteiger partial charge in [-0.25, -0.2) is 9.40 Å². The Hall–Kier alpha value is -4.45. The summed E-state index contributed by atoms with van der Waals surface area (Å²) in [6.07, 6.45) is -0.321. The van der Waals surface area contributed by atoms with Crippen molar-refractivity contribution < 1.29 is 31.9 Å². The molecule has 2 heterocycles. The van der Waals surface area contributed by atoms with Crippen LogP contribution in [0.1, 0.15) is 62.6 Å². The van der Waals surface area contributed by atoms with Crippen LogP contribution in [0.15, 0.2) is 89.0 Å². The Labute approximate surface area is 294 Å². The molecule has 3 aromatic carbocycles. The number of hydrazone groups is 1. The largest absolute Gasteiger partial charge is 0.416 e. The number of carbonyl (C=O) groups is 3. The predicted molar refractivity (Wildman–Crippen MR) is 187 cm³/mol. The molecule has 264 valence electrons. The molecule has 2 aliphatic heterocycles. The van der Waals surface area contributed by atoms with Gasteiger partial charge in [0.05, 0.1) is 10.6 Å². The number of nitrogens with zero attached hydrogens (tertiary/aromatic N) is 4. The molecule has 0 bridgehead atoms. The van der Waals surface area contributed by atoms with Crippen molar-refractivity contribution in [3.8, 4) is 11.1 Å². The van der Waals surface area contributed by atoms with Gasteiger partial charge in [0.15, 0.2) is 5.78 Å². The van der Waals surface area contributed by atoms with Crippen LogP contribution in [0, 0.1) is 5.82 Å². The van der Waals surface area contributed by atoms with Crippen LogP contribution in [0.3, 0.4) is 0 Å². The van der Waals surface area contributed by atoms with E-state index >= 15 is 0 Å². The van der Waals surface area contributed by atoms with Crippen molar-refractivity contribution in [2.45, 2.75) is 76.5 Å². The lowest BCUT2D eigenvalue weighted by Crippen LogP contribution is -2.49. The van der Waals surface area contributed by atoms with Gasteiger partial charge in [0.2, 0.25) is 11.8 Å². The molecular weight excluding hydrogens is 669 g/mol. The van der Waals surface area contributed by atoms with E-state index in [2.05, 4.69) is 0 Å². The zero-order chi connectivity index (χ0) is 36.0. The highest BCUT2D eigenvalue weighted by molar-refractivity contribution is 8.02. The molecule has 0 N–H and O–H groups in total. The van der Waals surface area contributed by atoms with E-state index in [1.165, 1.54) is 36.0 Å². The Bertz CT molecular complexity index is 1740.